The summed E-state index contributed by atoms with van der Waals surface area (Å²) in [6, 6.07) is 6.96. The zero-order valence-electron chi connectivity index (χ0n) is 14.8. The van der Waals surface area contributed by atoms with Crippen molar-refractivity contribution in [2.75, 3.05) is 12.4 Å². The molecule has 0 radical (unpaired) electrons. The number of carbonyl (C=O) groups is 1. The van der Waals surface area contributed by atoms with Crippen molar-refractivity contribution in [3.8, 4) is 5.75 Å². The maximum absolute atomic E-state index is 13.4. The van der Waals surface area contributed by atoms with Crippen LogP contribution in [0.4, 0.5) is 10.1 Å². The fourth-order valence-electron chi connectivity index (χ4n) is 2.79. The summed E-state index contributed by atoms with van der Waals surface area (Å²) in [6.45, 7) is 0. The largest absolute Gasteiger partial charge is 0.496 e. The number of methoxy groups -OCH3 is 1. The average molecular weight is 429 g/mol. The molecule has 1 fully saturated rings. The second-order valence-corrected chi connectivity index (χ2v) is 8.51. The lowest BCUT2D eigenvalue weighted by Gasteiger charge is -2.31. The monoisotopic (exact) mass is 428 g/mol. The molecule has 3 N–H and O–H groups in total. The molecule has 10 heteroatoms. The Labute approximate surface area is 166 Å². The summed E-state index contributed by atoms with van der Waals surface area (Å²) in [7, 11) is -2.56. The Hall–Kier alpha value is -2.20. The van der Waals surface area contributed by atoms with Crippen LogP contribution in [0, 0.1) is 5.82 Å². The maximum atomic E-state index is 13.4. The maximum Gasteiger partial charge on any atom is 0.259 e. The third-order valence-corrected chi connectivity index (χ3v) is 6.19. The third-order valence-electron chi connectivity index (χ3n) is 4.34. The Morgan fingerprint density at radius 1 is 1.25 bits per heavy atom. The van der Waals surface area contributed by atoms with E-state index in [9.17, 15) is 22.7 Å². The predicted octanol–water partition coefficient (Wildman–Crippen LogP) is 2.54. The number of aliphatic hydroxyl groups is 1. The standard InChI is InChI=1S/C18H18ClFN2O5S/c1-27-17-5-3-13(28(25,26)22-11-7-12(23)8-11)9-14(17)18(24)21-16-6-10(20)2-4-15(16)19/h2-6,9,11-12,22-23H,7-8H2,1H3,(H,21,24)/t11-,12-. The first-order valence-corrected chi connectivity index (χ1v) is 10.2. The summed E-state index contributed by atoms with van der Waals surface area (Å²) < 4.78 is 46.1. The van der Waals surface area contributed by atoms with E-state index in [-0.39, 0.29) is 33.0 Å². The van der Waals surface area contributed by atoms with Crippen LogP contribution < -0.4 is 14.8 Å². The molecular formula is C18H18ClFN2O5S. The Kier molecular flexibility index (Phi) is 5.90. The highest BCUT2D eigenvalue weighted by Crippen LogP contribution is 2.28. The van der Waals surface area contributed by atoms with Crippen molar-refractivity contribution >= 4 is 33.2 Å². The second kappa shape index (κ2) is 8.04. The molecule has 2 aromatic rings. The highest BCUT2D eigenvalue weighted by atomic mass is 35.5. The van der Waals surface area contributed by atoms with Gasteiger partial charge in [0.1, 0.15) is 11.6 Å². The van der Waals surface area contributed by atoms with E-state index in [4.69, 9.17) is 16.3 Å². The van der Waals surface area contributed by atoms with E-state index in [2.05, 4.69) is 10.0 Å². The molecule has 3 rings (SSSR count). The van der Waals surface area contributed by atoms with Gasteiger partial charge in [-0.1, -0.05) is 11.6 Å². The number of anilines is 1. The van der Waals surface area contributed by atoms with Gasteiger partial charge in [-0.15, -0.1) is 0 Å². The van der Waals surface area contributed by atoms with Crippen LogP contribution in [0.1, 0.15) is 23.2 Å². The highest BCUT2D eigenvalue weighted by molar-refractivity contribution is 7.89. The molecule has 1 aliphatic rings. The van der Waals surface area contributed by atoms with E-state index < -0.39 is 27.9 Å². The van der Waals surface area contributed by atoms with Gasteiger partial charge >= 0.3 is 0 Å². The van der Waals surface area contributed by atoms with Gasteiger partial charge in [0.25, 0.3) is 5.91 Å². The van der Waals surface area contributed by atoms with E-state index >= 15 is 0 Å². The van der Waals surface area contributed by atoms with Gasteiger partial charge in [0.15, 0.2) is 0 Å². The van der Waals surface area contributed by atoms with E-state index in [1.54, 1.807) is 0 Å². The number of carbonyl (C=O) groups excluding carboxylic acids is 1. The number of benzene rings is 2. The van der Waals surface area contributed by atoms with Gasteiger partial charge < -0.3 is 15.2 Å². The van der Waals surface area contributed by atoms with Crippen molar-refractivity contribution in [2.24, 2.45) is 0 Å². The van der Waals surface area contributed by atoms with Crippen molar-refractivity contribution in [1.29, 1.82) is 0 Å². The summed E-state index contributed by atoms with van der Waals surface area (Å²) in [5, 5.41) is 11.9. The van der Waals surface area contributed by atoms with Crippen LogP contribution in [0.15, 0.2) is 41.3 Å². The lowest BCUT2D eigenvalue weighted by Crippen LogP contribution is -2.46. The Bertz CT molecular complexity index is 1010. The number of halogens is 2. The number of ether oxygens (including phenoxy) is 1. The Morgan fingerprint density at radius 2 is 1.96 bits per heavy atom. The average Bonchev–Trinajstić information content (AvgIpc) is 2.62. The SMILES string of the molecule is COc1ccc(S(=O)(=O)N[C@H]2C[C@H](O)C2)cc1C(=O)Nc1cc(F)ccc1Cl. The van der Waals surface area contributed by atoms with E-state index in [0.717, 1.165) is 12.1 Å². The zero-order valence-corrected chi connectivity index (χ0v) is 16.3. The summed E-state index contributed by atoms with van der Waals surface area (Å²) in [5.41, 5.74) is -0.0112. The molecule has 7 nitrogen and oxygen atoms in total. The van der Waals surface area contributed by atoms with E-state index in [1.165, 1.54) is 31.4 Å². The van der Waals surface area contributed by atoms with Crippen molar-refractivity contribution in [1.82, 2.24) is 4.72 Å². The molecule has 1 saturated carbocycles. The minimum Gasteiger partial charge on any atom is -0.496 e. The lowest BCUT2D eigenvalue weighted by molar-refractivity contribution is 0.0712. The number of rotatable bonds is 6. The van der Waals surface area contributed by atoms with Crippen molar-refractivity contribution in [3.63, 3.8) is 0 Å². The van der Waals surface area contributed by atoms with Crippen molar-refractivity contribution < 1.29 is 27.4 Å². The van der Waals surface area contributed by atoms with E-state index in [0.29, 0.717) is 12.8 Å². The van der Waals surface area contributed by atoms with Gasteiger partial charge in [0.2, 0.25) is 10.0 Å². The molecule has 0 unspecified atom stereocenters. The summed E-state index contributed by atoms with van der Waals surface area (Å²) >= 11 is 5.96. The molecule has 0 heterocycles. The van der Waals surface area contributed by atoms with Crippen LogP contribution in [0.5, 0.6) is 5.75 Å². The molecule has 0 saturated heterocycles. The number of amides is 1. The fourth-order valence-corrected chi connectivity index (χ4v) is 4.24. The Morgan fingerprint density at radius 3 is 2.61 bits per heavy atom. The van der Waals surface area contributed by atoms with Crippen LogP contribution >= 0.6 is 11.6 Å². The molecule has 0 aromatic heterocycles. The zero-order chi connectivity index (χ0) is 20.5. The third kappa shape index (κ3) is 4.44. The number of hydrogen-bond acceptors (Lipinski definition) is 5. The normalized spacial score (nSPS) is 19.0. The second-order valence-electron chi connectivity index (χ2n) is 6.38. The van der Waals surface area contributed by atoms with Gasteiger partial charge in [0.05, 0.1) is 34.4 Å². The van der Waals surface area contributed by atoms with Crippen LogP contribution in [-0.2, 0) is 10.0 Å². The number of sulfonamides is 1. The van der Waals surface area contributed by atoms with Crippen LogP contribution in [-0.4, -0.2) is 38.7 Å². The molecule has 1 aliphatic carbocycles. The quantitative estimate of drug-likeness (QED) is 0.655. The van der Waals surface area contributed by atoms with E-state index in [1.807, 2.05) is 0 Å². The molecule has 0 aliphatic heterocycles. The van der Waals surface area contributed by atoms with Gasteiger partial charge in [-0.05, 0) is 49.2 Å². The molecular weight excluding hydrogens is 411 g/mol. The first-order chi connectivity index (χ1) is 13.2. The number of aliphatic hydroxyl groups excluding tert-OH is 1. The molecule has 2 aromatic carbocycles. The van der Waals surface area contributed by atoms with Gasteiger partial charge in [0, 0.05) is 6.04 Å². The Balaban J connectivity index is 1.88. The minimum absolute atomic E-state index is 0.0450. The smallest absolute Gasteiger partial charge is 0.259 e. The minimum atomic E-state index is -3.90. The molecule has 0 atom stereocenters. The molecule has 1 amide bonds. The predicted molar refractivity (Wildman–Crippen MR) is 102 cm³/mol. The van der Waals surface area contributed by atoms with Crippen molar-refractivity contribution in [2.45, 2.75) is 29.9 Å². The summed E-state index contributed by atoms with van der Waals surface area (Å²) in [5.74, 6) is -1.15. The summed E-state index contributed by atoms with van der Waals surface area (Å²) in [6.07, 6.45) is 0.155. The van der Waals surface area contributed by atoms with Crippen LogP contribution in [0.3, 0.4) is 0 Å². The van der Waals surface area contributed by atoms with Crippen molar-refractivity contribution in [3.05, 3.63) is 52.8 Å². The summed E-state index contributed by atoms with van der Waals surface area (Å²) in [4.78, 5) is 12.5. The molecule has 0 spiro atoms. The van der Waals surface area contributed by atoms with Crippen LogP contribution in [0.2, 0.25) is 5.02 Å². The number of hydrogen-bond donors (Lipinski definition) is 3. The molecule has 150 valence electrons. The lowest BCUT2D eigenvalue weighted by atomic mass is 9.91. The number of nitrogens with one attached hydrogen (secondary N) is 2. The van der Waals surface area contributed by atoms with Gasteiger partial charge in [-0.2, -0.15) is 0 Å². The first-order valence-electron chi connectivity index (χ1n) is 8.34. The highest BCUT2D eigenvalue weighted by Gasteiger charge is 2.31. The fraction of sp³-hybridized carbons (Fsp3) is 0.278. The van der Waals surface area contributed by atoms with Gasteiger partial charge in [-0.3, -0.25) is 4.79 Å². The topological polar surface area (TPSA) is 105 Å². The van der Waals surface area contributed by atoms with Gasteiger partial charge in [-0.25, -0.2) is 17.5 Å². The first kappa shape index (κ1) is 20.5. The molecule has 0 bridgehead atoms. The molecule has 28 heavy (non-hydrogen) atoms. The van der Waals surface area contributed by atoms with Crippen LogP contribution in [0.25, 0.3) is 0 Å².